The summed E-state index contributed by atoms with van der Waals surface area (Å²) in [5.74, 6) is 0.662. The summed E-state index contributed by atoms with van der Waals surface area (Å²) in [5, 5.41) is 0. The van der Waals surface area contributed by atoms with Gasteiger partial charge in [0.1, 0.15) is 0 Å². The number of hydrogen-bond acceptors (Lipinski definition) is 0. The van der Waals surface area contributed by atoms with Gasteiger partial charge in [-0.3, -0.25) is 0 Å². The largest absolute Gasteiger partial charge is 0.0885 e. The molecule has 1 atom stereocenters. The molecule has 8 heavy (non-hydrogen) atoms. The van der Waals surface area contributed by atoms with Gasteiger partial charge in [0.05, 0.1) is 0 Å². The van der Waals surface area contributed by atoms with Gasteiger partial charge >= 0.3 is 0 Å². The monoisotopic (exact) mass is 111 g/mol. The van der Waals surface area contributed by atoms with Crippen LogP contribution in [0.2, 0.25) is 0 Å². The Morgan fingerprint density at radius 1 is 1.62 bits per heavy atom. The molecule has 0 fully saturated rings. The Kier molecular flexibility index (Phi) is 4.73. The second kappa shape index (κ2) is 4.89. The first-order valence-corrected chi connectivity index (χ1v) is 3.27. The van der Waals surface area contributed by atoms with E-state index >= 15 is 0 Å². The van der Waals surface area contributed by atoms with Crippen LogP contribution >= 0.6 is 0 Å². The molecule has 0 saturated carbocycles. The minimum absolute atomic E-state index is 0.662. The summed E-state index contributed by atoms with van der Waals surface area (Å²) in [4.78, 5) is 0. The summed E-state index contributed by atoms with van der Waals surface area (Å²) < 4.78 is 0. The van der Waals surface area contributed by atoms with Crippen LogP contribution in [0.25, 0.3) is 0 Å². The summed E-state index contributed by atoms with van der Waals surface area (Å²) in [5.41, 5.74) is 0. The van der Waals surface area contributed by atoms with E-state index in [2.05, 4.69) is 32.9 Å². The highest BCUT2D eigenvalue weighted by Gasteiger charge is 1.87. The van der Waals surface area contributed by atoms with Crippen LogP contribution in [0.5, 0.6) is 0 Å². The number of rotatable bonds is 3. The van der Waals surface area contributed by atoms with Gasteiger partial charge in [0.25, 0.3) is 0 Å². The minimum atomic E-state index is 0.662. The highest BCUT2D eigenvalue weighted by molar-refractivity contribution is 4.85. The molecule has 0 aromatic carbocycles. The lowest BCUT2D eigenvalue weighted by Gasteiger charge is -1.96. The van der Waals surface area contributed by atoms with Crippen LogP contribution in [0.3, 0.4) is 0 Å². The van der Waals surface area contributed by atoms with E-state index in [1.54, 1.807) is 0 Å². The van der Waals surface area contributed by atoms with Crippen molar-refractivity contribution in [1.29, 1.82) is 0 Å². The first kappa shape index (κ1) is 7.74. The molecule has 0 nitrogen and oxygen atoms in total. The Hall–Kier alpha value is -0.260. The smallest absolute Gasteiger partial charge is 0.0262 e. The molecule has 0 saturated heterocycles. The van der Waals surface area contributed by atoms with Gasteiger partial charge in [-0.1, -0.05) is 32.9 Å². The predicted octanol–water partition coefficient (Wildman–Crippen LogP) is 2.81. The van der Waals surface area contributed by atoms with Crippen LogP contribution in [0.15, 0.2) is 12.2 Å². The molecule has 0 aliphatic carbocycles. The molecule has 0 spiro atoms. The van der Waals surface area contributed by atoms with E-state index in [1.807, 2.05) is 0 Å². The molecular weight excluding hydrogens is 96.1 g/mol. The second-order valence-electron chi connectivity index (χ2n) is 2.10. The zero-order valence-corrected chi connectivity index (χ0v) is 5.85. The van der Waals surface area contributed by atoms with Crippen LogP contribution in [-0.2, 0) is 0 Å². The number of allylic oxidation sites excluding steroid dienone is 2. The molecule has 1 unspecified atom stereocenters. The molecule has 0 aliphatic heterocycles. The van der Waals surface area contributed by atoms with E-state index in [-0.39, 0.29) is 0 Å². The minimum Gasteiger partial charge on any atom is -0.0885 e. The van der Waals surface area contributed by atoms with Crippen molar-refractivity contribution in [2.75, 3.05) is 0 Å². The van der Waals surface area contributed by atoms with Crippen molar-refractivity contribution in [1.82, 2.24) is 0 Å². The van der Waals surface area contributed by atoms with Gasteiger partial charge in [-0.25, -0.2) is 0 Å². The molecule has 0 aromatic heterocycles. The average molecular weight is 111 g/mol. The van der Waals surface area contributed by atoms with Crippen LogP contribution < -0.4 is 0 Å². The summed E-state index contributed by atoms with van der Waals surface area (Å²) in [6, 6.07) is 0. The maximum atomic E-state index is 3.79. The predicted molar refractivity (Wildman–Crippen MR) is 38.6 cm³/mol. The van der Waals surface area contributed by atoms with E-state index in [1.165, 1.54) is 0 Å². The van der Waals surface area contributed by atoms with Gasteiger partial charge in [0.2, 0.25) is 0 Å². The standard InChI is InChI=1S/C8H15/c1-4-6-7-8(3)5-2/h6-8H,2,4-5H2,1,3H3/b7-6+. The highest BCUT2D eigenvalue weighted by Crippen LogP contribution is 2.01. The van der Waals surface area contributed by atoms with Gasteiger partial charge in [-0.15, -0.1) is 0 Å². The van der Waals surface area contributed by atoms with Crippen molar-refractivity contribution in [3.63, 3.8) is 0 Å². The fraction of sp³-hybridized carbons (Fsp3) is 0.625. The average Bonchev–Trinajstić information content (AvgIpc) is 1.83. The first-order chi connectivity index (χ1) is 3.81. The van der Waals surface area contributed by atoms with Crippen LogP contribution in [0, 0.1) is 12.8 Å². The molecule has 47 valence electrons. The van der Waals surface area contributed by atoms with Crippen molar-refractivity contribution >= 4 is 0 Å². The Labute approximate surface area is 52.6 Å². The van der Waals surface area contributed by atoms with E-state index in [0.29, 0.717) is 5.92 Å². The molecule has 0 heterocycles. The lowest BCUT2D eigenvalue weighted by atomic mass is 10.1. The van der Waals surface area contributed by atoms with E-state index in [4.69, 9.17) is 0 Å². The molecule has 0 rings (SSSR count). The lowest BCUT2D eigenvalue weighted by Crippen LogP contribution is -1.82. The van der Waals surface area contributed by atoms with Crippen molar-refractivity contribution in [3.8, 4) is 0 Å². The quantitative estimate of drug-likeness (QED) is 0.491. The topological polar surface area (TPSA) is 0 Å². The van der Waals surface area contributed by atoms with E-state index in [9.17, 15) is 0 Å². The Balaban J connectivity index is 3.21. The van der Waals surface area contributed by atoms with E-state index in [0.717, 1.165) is 12.8 Å². The molecule has 0 bridgehead atoms. The molecule has 1 radical (unpaired) electrons. The van der Waals surface area contributed by atoms with Gasteiger partial charge in [0, 0.05) is 0 Å². The summed E-state index contributed by atoms with van der Waals surface area (Å²) in [6.45, 7) is 8.11. The third-order valence-corrected chi connectivity index (χ3v) is 1.16. The Bertz CT molecular complexity index is 62.4. The van der Waals surface area contributed by atoms with Crippen LogP contribution in [0.4, 0.5) is 0 Å². The van der Waals surface area contributed by atoms with Gasteiger partial charge in [-0.05, 0) is 18.8 Å². The fourth-order valence-corrected chi connectivity index (χ4v) is 0.465. The van der Waals surface area contributed by atoms with Crippen molar-refractivity contribution in [3.05, 3.63) is 19.1 Å². The molecule has 0 heteroatoms. The van der Waals surface area contributed by atoms with E-state index < -0.39 is 0 Å². The summed E-state index contributed by atoms with van der Waals surface area (Å²) in [6.07, 6.45) is 6.56. The molecule has 0 aliphatic rings. The van der Waals surface area contributed by atoms with Gasteiger partial charge < -0.3 is 0 Å². The molecular formula is C8H15. The van der Waals surface area contributed by atoms with Gasteiger partial charge in [0.15, 0.2) is 0 Å². The number of hydrogen-bond donors (Lipinski definition) is 0. The Morgan fingerprint density at radius 2 is 2.25 bits per heavy atom. The maximum absolute atomic E-state index is 3.79. The van der Waals surface area contributed by atoms with Crippen molar-refractivity contribution in [2.24, 2.45) is 5.92 Å². The second-order valence-corrected chi connectivity index (χ2v) is 2.10. The Morgan fingerprint density at radius 3 is 2.62 bits per heavy atom. The third kappa shape index (κ3) is 3.91. The molecule has 0 amide bonds. The normalized spacial score (nSPS) is 14.9. The third-order valence-electron chi connectivity index (χ3n) is 1.16. The maximum Gasteiger partial charge on any atom is -0.0262 e. The molecule has 0 N–H and O–H groups in total. The van der Waals surface area contributed by atoms with Crippen LogP contribution in [0.1, 0.15) is 26.7 Å². The SMILES string of the molecule is [CH2]CC(C)/C=C/CC. The zero-order valence-electron chi connectivity index (χ0n) is 5.85. The van der Waals surface area contributed by atoms with Gasteiger partial charge in [-0.2, -0.15) is 0 Å². The molecule has 0 aromatic rings. The van der Waals surface area contributed by atoms with Crippen molar-refractivity contribution in [2.45, 2.75) is 26.7 Å². The first-order valence-electron chi connectivity index (χ1n) is 3.27. The summed E-state index contributed by atoms with van der Waals surface area (Å²) >= 11 is 0. The van der Waals surface area contributed by atoms with Crippen LogP contribution in [-0.4, -0.2) is 0 Å². The van der Waals surface area contributed by atoms with Crippen molar-refractivity contribution < 1.29 is 0 Å². The lowest BCUT2D eigenvalue weighted by molar-refractivity contribution is 0.738. The zero-order chi connectivity index (χ0) is 6.41. The summed E-state index contributed by atoms with van der Waals surface area (Å²) in [7, 11) is 0. The fourth-order valence-electron chi connectivity index (χ4n) is 0.465. The highest BCUT2D eigenvalue weighted by atomic mass is 13.9.